The van der Waals surface area contributed by atoms with Gasteiger partial charge in [-0.15, -0.1) is 0 Å². The van der Waals surface area contributed by atoms with Gasteiger partial charge in [-0.2, -0.15) is 13.2 Å². The maximum Gasteiger partial charge on any atom is 0.416 e. The van der Waals surface area contributed by atoms with Crippen LogP contribution in [0.1, 0.15) is 28.5 Å². The van der Waals surface area contributed by atoms with E-state index < -0.39 is 11.7 Å². The highest BCUT2D eigenvalue weighted by Gasteiger charge is 2.29. The van der Waals surface area contributed by atoms with E-state index in [4.69, 9.17) is 0 Å². The van der Waals surface area contributed by atoms with Gasteiger partial charge in [-0.3, -0.25) is 4.79 Å². The summed E-state index contributed by atoms with van der Waals surface area (Å²) < 4.78 is 39.0. The molecule has 100 valence electrons. The molecule has 0 N–H and O–H groups in total. The zero-order chi connectivity index (χ0) is 14.0. The molecule has 0 saturated carbocycles. The first-order valence-corrected chi connectivity index (χ1v) is 5.70. The van der Waals surface area contributed by atoms with Crippen LogP contribution in [0.15, 0.2) is 42.6 Å². The molecule has 0 atom stereocenters. The molecule has 0 aliphatic rings. The first kappa shape index (κ1) is 13.4. The number of nitrogens with zero attached hydrogens (tertiary/aromatic N) is 1. The van der Waals surface area contributed by atoms with Crippen molar-refractivity contribution in [2.75, 3.05) is 0 Å². The summed E-state index contributed by atoms with van der Waals surface area (Å²) in [6.45, 7) is 1.83. The molecule has 0 fully saturated rings. The summed E-state index contributed by atoms with van der Waals surface area (Å²) in [5, 5.41) is 0. The van der Waals surface area contributed by atoms with Crippen LogP contribution in [0.2, 0.25) is 0 Å². The van der Waals surface area contributed by atoms with Crippen LogP contribution in [-0.4, -0.2) is 10.4 Å². The average molecular weight is 267 g/mol. The molecule has 1 aromatic heterocycles. The fourth-order valence-corrected chi connectivity index (χ4v) is 1.87. The molecular formula is C14H12F3NO. The van der Waals surface area contributed by atoms with Crippen molar-refractivity contribution < 1.29 is 18.0 Å². The van der Waals surface area contributed by atoms with Crippen LogP contribution >= 0.6 is 0 Å². The fourth-order valence-electron chi connectivity index (χ4n) is 1.87. The topological polar surface area (TPSA) is 22.0 Å². The maximum absolute atomic E-state index is 12.4. The molecule has 2 nitrogen and oxygen atoms in total. The molecule has 5 heteroatoms. The molecule has 0 saturated heterocycles. The van der Waals surface area contributed by atoms with Gasteiger partial charge in [-0.25, -0.2) is 0 Å². The van der Waals surface area contributed by atoms with Crippen molar-refractivity contribution in [1.82, 2.24) is 4.57 Å². The molecule has 1 heterocycles. The minimum atomic E-state index is -4.32. The Hall–Kier alpha value is -2.04. The Morgan fingerprint density at radius 3 is 2.32 bits per heavy atom. The third-order valence-electron chi connectivity index (χ3n) is 2.82. The number of carbonyl (C=O) groups excluding carboxylic acids is 1. The minimum absolute atomic E-state index is 0.0723. The number of hydrogen-bond acceptors (Lipinski definition) is 1. The zero-order valence-corrected chi connectivity index (χ0v) is 10.2. The molecule has 0 bridgehead atoms. The summed E-state index contributed by atoms with van der Waals surface area (Å²) >= 11 is 0. The van der Waals surface area contributed by atoms with E-state index in [0.29, 0.717) is 17.8 Å². The number of Topliss-reactive ketones (excluding diaryl/α,β-unsaturated/α-hetero) is 1. The van der Waals surface area contributed by atoms with Crippen molar-refractivity contribution in [3.63, 3.8) is 0 Å². The lowest BCUT2D eigenvalue weighted by molar-refractivity contribution is -0.137. The maximum atomic E-state index is 12.4. The van der Waals surface area contributed by atoms with Crippen molar-refractivity contribution in [2.45, 2.75) is 19.6 Å². The summed E-state index contributed by atoms with van der Waals surface area (Å²) in [6, 6.07) is 8.37. The van der Waals surface area contributed by atoms with E-state index in [2.05, 4.69) is 0 Å². The van der Waals surface area contributed by atoms with Crippen LogP contribution in [-0.2, 0) is 12.7 Å². The summed E-state index contributed by atoms with van der Waals surface area (Å²) in [7, 11) is 0. The van der Waals surface area contributed by atoms with Gasteiger partial charge in [0.15, 0.2) is 5.78 Å². The minimum Gasteiger partial charge on any atom is -0.341 e. The first-order chi connectivity index (χ1) is 8.88. The number of halogens is 3. The monoisotopic (exact) mass is 267 g/mol. The highest BCUT2D eigenvalue weighted by atomic mass is 19.4. The van der Waals surface area contributed by atoms with Gasteiger partial charge in [0.1, 0.15) is 0 Å². The summed E-state index contributed by atoms with van der Waals surface area (Å²) in [6.07, 6.45) is -2.59. The average Bonchev–Trinajstić information content (AvgIpc) is 2.77. The Kier molecular flexibility index (Phi) is 3.46. The van der Waals surface area contributed by atoms with Crippen molar-refractivity contribution in [3.05, 3.63) is 59.4 Å². The van der Waals surface area contributed by atoms with Crippen LogP contribution in [0.3, 0.4) is 0 Å². The summed E-state index contributed by atoms with van der Waals surface area (Å²) in [5.74, 6) is -0.0723. The molecular weight excluding hydrogens is 255 g/mol. The van der Waals surface area contributed by atoms with Crippen LogP contribution in [0.25, 0.3) is 0 Å². The third kappa shape index (κ3) is 3.05. The molecule has 1 aromatic carbocycles. The summed E-state index contributed by atoms with van der Waals surface area (Å²) in [4.78, 5) is 11.3. The summed E-state index contributed by atoms with van der Waals surface area (Å²) in [5.41, 5.74) is 0.585. The lowest BCUT2D eigenvalue weighted by atomic mass is 10.1. The van der Waals surface area contributed by atoms with Gasteiger partial charge in [0.05, 0.1) is 11.3 Å². The number of rotatable bonds is 3. The van der Waals surface area contributed by atoms with E-state index >= 15 is 0 Å². The molecule has 0 spiro atoms. The van der Waals surface area contributed by atoms with E-state index in [1.54, 1.807) is 22.9 Å². The highest BCUT2D eigenvalue weighted by Crippen LogP contribution is 2.29. The Morgan fingerprint density at radius 2 is 1.79 bits per heavy atom. The lowest BCUT2D eigenvalue weighted by Gasteiger charge is -2.09. The van der Waals surface area contributed by atoms with Gasteiger partial charge >= 0.3 is 6.18 Å². The molecule has 0 radical (unpaired) electrons. The van der Waals surface area contributed by atoms with Gasteiger partial charge in [0, 0.05) is 19.7 Å². The van der Waals surface area contributed by atoms with Gasteiger partial charge in [-0.05, 0) is 29.8 Å². The van der Waals surface area contributed by atoms with Crippen molar-refractivity contribution in [3.8, 4) is 0 Å². The number of benzene rings is 1. The van der Waals surface area contributed by atoms with E-state index in [0.717, 1.165) is 12.1 Å². The number of hydrogen-bond donors (Lipinski definition) is 0. The number of ketones is 1. The van der Waals surface area contributed by atoms with E-state index in [1.807, 2.05) is 0 Å². The van der Waals surface area contributed by atoms with E-state index in [9.17, 15) is 18.0 Å². The van der Waals surface area contributed by atoms with Gasteiger partial charge < -0.3 is 4.57 Å². The van der Waals surface area contributed by atoms with Crippen molar-refractivity contribution >= 4 is 5.78 Å². The normalized spacial score (nSPS) is 11.6. The van der Waals surface area contributed by atoms with Crippen molar-refractivity contribution in [2.24, 2.45) is 0 Å². The molecule has 2 rings (SSSR count). The lowest BCUT2D eigenvalue weighted by Crippen LogP contribution is -2.08. The van der Waals surface area contributed by atoms with Gasteiger partial charge in [0.25, 0.3) is 0 Å². The predicted octanol–water partition coefficient (Wildman–Crippen LogP) is 3.76. The molecule has 19 heavy (non-hydrogen) atoms. The fraction of sp³-hybridized carbons (Fsp3) is 0.214. The standard InChI is InChI=1S/C14H12F3NO/c1-10(19)13-3-2-8-18(13)9-11-4-6-12(7-5-11)14(15,16)17/h2-8H,9H2,1H3. The van der Waals surface area contributed by atoms with Gasteiger partial charge in [0.2, 0.25) is 0 Å². The highest BCUT2D eigenvalue weighted by molar-refractivity contribution is 5.92. The van der Waals surface area contributed by atoms with Crippen LogP contribution in [0.4, 0.5) is 13.2 Å². The Balaban J connectivity index is 2.20. The van der Waals surface area contributed by atoms with Crippen LogP contribution < -0.4 is 0 Å². The molecule has 0 unspecified atom stereocenters. The first-order valence-electron chi connectivity index (χ1n) is 5.70. The SMILES string of the molecule is CC(=O)c1cccn1Cc1ccc(C(F)(F)F)cc1. The second kappa shape index (κ2) is 4.91. The zero-order valence-electron chi connectivity index (χ0n) is 10.2. The van der Waals surface area contributed by atoms with E-state index in [1.165, 1.54) is 19.1 Å². The Bertz CT molecular complexity index is 581. The smallest absolute Gasteiger partial charge is 0.341 e. The number of alkyl halides is 3. The molecule has 0 aliphatic carbocycles. The molecule has 0 aliphatic heterocycles. The molecule has 0 amide bonds. The van der Waals surface area contributed by atoms with Crippen molar-refractivity contribution in [1.29, 1.82) is 0 Å². The van der Waals surface area contributed by atoms with Gasteiger partial charge in [-0.1, -0.05) is 12.1 Å². The third-order valence-corrected chi connectivity index (χ3v) is 2.82. The Morgan fingerprint density at radius 1 is 1.16 bits per heavy atom. The Labute approximate surface area is 108 Å². The largest absolute Gasteiger partial charge is 0.416 e. The van der Waals surface area contributed by atoms with Crippen LogP contribution in [0, 0.1) is 0 Å². The van der Waals surface area contributed by atoms with Crippen LogP contribution in [0.5, 0.6) is 0 Å². The van der Waals surface area contributed by atoms with E-state index in [-0.39, 0.29) is 5.78 Å². The predicted molar refractivity (Wildman–Crippen MR) is 65.0 cm³/mol. The second-order valence-electron chi connectivity index (χ2n) is 4.27. The number of aromatic nitrogens is 1. The second-order valence-corrected chi connectivity index (χ2v) is 4.27. The quantitative estimate of drug-likeness (QED) is 0.776. The molecule has 2 aromatic rings. The number of carbonyl (C=O) groups is 1.